The molecule has 2 unspecified atom stereocenters. The van der Waals surface area contributed by atoms with Gasteiger partial charge in [-0.15, -0.1) is 0 Å². The third-order valence-corrected chi connectivity index (χ3v) is 4.11. The summed E-state index contributed by atoms with van der Waals surface area (Å²) in [6.07, 6.45) is 0. The molecule has 9 nitrogen and oxygen atoms in total. The van der Waals surface area contributed by atoms with Gasteiger partial charge in [0.15, 0.2) is 0 Å². The summed E-state index contributed by atoms with van der Waals surface area (Å²) in [7, 11) is 3.11. The number of carbonyl (C=O) groups excluding carboxylic acids is 1. The normalized spacial score (nSPS) is 13.0. The number of nitrogens with zero attached hydrogens (tertiary/aromatic N) is 3. The lowest BCUT2D eigenvalue weighted by atomic mass is 10.1. The standard InChI is InChI=1S/C17H22N4O5/c1-10-8-16(21(23)24)19-20(10)12(3)17(22)18-11(2)14-9-13(25-4)6-7-15(14)26-5/h6-9,11-12H,1-5H3,(H,18,22). The highest BCUT2D eigenvalue weighted by atomic mass is 16.6. The van der Waals surface area contributed by atoms with Crippen LogP contribution in [0.3, 0.4) is 0 Å². The number of benzene rings is 1. The number of nitro groups is 1. The predicted molar refractivity (Wildman–Crippen MR) is 94.4 cm³/mol. The molecule has 0 radical (unpaired) electrons. The summed E-state index contributed by atoms with van der Waals surface area (Å²) in [5.41, 5.74) is 1.29. The lowest BCUT2D eigenvalue weighted by Crippen LogP contribution is -2.34. The van der Waals surface area contributed by atoms with E-state index in [0.29, 0.717) is 17.2 Å². The second-order valence-electron chi connectivity index (χ2n) is 5.86. The lowest BCUT2D eigenvalue weighted by molar-refractivity contribution is -0.389. The quantitative estimate of drug-likeness (QED) is 0.599. The van der Waals surface area contributed by atoms with Crippen molar-refractivity contribution in [1.82, 2.24) is 15.1 Å². The van der Waals surface area contributed by atoms with E-state index < -0.39 is 11.0 Å². The summed E-state index contributed by atoms with van der Waals surface area (Å²) >= 11 is 0. The number of aryl methyl sites for hydroxylation is 1. The van der Waals surface area contributed by atoms with Crippen LogP contribution in [0.5, 0.6) is 11.5 Å². The molecular weight excluding hydrogens is 340 g/mol. The Balaban J connectivity index is 2.20. The van der Waals surface area contributed by atoms with Crippen LogP contribution in [0.4, 0.5) is 5.82 Å². The number of amides is 1. The van der Waals surface area contributed by atoms with Gasteiger partial charge in [0.05, 0.1) is 37.1 Å². The first-order valence-electron chi connectivity index (χ1n) is 8.01. The van der Waals surface area contributed by atoms with Crippen LogP contribution in [0.2, 0.25) is 0 Å². The SMILES string of the molecule is COc1ccc(OC)c(C(C)NC(=O)C(C)n2nc([N+](=O)[O-])cc2C)c1. The van der Waals surface area contributed by atoms with Crippen molar-refractivity contribution < 1.29 is 19.2 Å². The molecule has 0 aliphatic heterocycles. The van der Waals surface area contributed by atoms with E-state index in [0.717, 1.165) is 5.56 Å². The van der Waals surface area contributed by atoms with Crippen molar-refractivity contribution in [2.75, 3.05) is 14.2 Å². The van der Waals surface area contributed by atoms with Crippen LogP contribution in [0.15, 0.2) is 24.3 Å². The summed E-state index contributed by atoms with van der Waals surface area (Å²) in [5.74, 6) is 0.666. The smallest absolute Gasteiger partial charge is 0.390 e. The van der Waals surface area contributed by atoms with Gasteiger partial charge in [0.1, 0.15) is 17.5 Å². The average molecular weight is 362 g/mol. The number of ether oxygens (including phenoxy) is 2. The number of methoxy groups -OCH3 is 2. The van der Waals surface area contributed by atoms with E-state index in [1.807, 2.05) is 6.92 Å². The van der Waals surface area contributed by atoms with Crippen molar-refractivity contribution in [2.45, 2.75) is 32.9 Å². The summed E-state index contributed by atoms with van der Waals surface area (Å²) in [6.45, 7) is 5.12. The highest BCUT2D eigenvalue weighted by Crippen LogP contribution is 2.29. The molecule has 2 atom stereocenters. The highest BCUT2D eigenvalue weighted by molar-refractivity contribution is 5.80. The van der Waals surface area contributed by atoms with Gasteiger partial charge in [-0.25, -0.2) is 0 Å². The molecule has 0 spiro atoms. The van der Waals surface area contributed by atoms with Crippen LogP contribution in [-0.2, 0) is 4.79 Å². The van der Waals surface area contributed by atoms with Gasteiger partial charge in [0.25, 0.3) is 0 Å². The van der Waals surface area contributed by atoms with E-state index >= 15 is 0 Å². The Morgan fingerprint density at radius 3 is 2.50 bits per heavy atom. The Bertz CT molecular complexity index is 817. The van der Waals surface area contributed by atoms with Crippen LogP contribution in [-0.4, -0.2) is 34.8 Å². The first kappa shape index (κ1) is 19.2. The molecule has 26 heavy (non-hydrogen) atoms. The lowest BCUT2D eigenvalue weighted by Gasteiger charge is -2.20. The van der Waals surface area contributed by atoms with E-state index in [1.165, 1.54) is 10.7 Å². The minimum Gasteiger partial charge on any atom is -0.497 e. The Morgan fingerprint density at radius 2 is 1.96 bits per heavy atom. The van der Waals surface area contributed by atoms with Gasteiger partial charge in [0, 0.05) is 5.56 Å². The zero-order valence-electron chi connectivity index (χ0n) is 15.3. The molecule has 0 fully saturated rings. The molecule has 0 aliphatic carbocycles. The molecule has 1 heterocycles. The molecule has 1 amide bonds. The van der Waals surface area contributed by atoms with Gasteiger partial charge >= 0.3 is 5.82 Å². The number of hydrogen-bond donors (Lipinski definition) is 1. The van der Waals surface area contributed by atoms with Crippen LogP contribution in [0.25, 0.3) is 0 Å². The molecule has 2 aromatic rings. The fraction of sp³-hybridized carbons (Fsp3) is 0.412. The summed E-state index contributed by atoms with van der Waals surface area (Å²) in [4.78, 5) is 22.9. The van der Waals surface area contributed by atoms with Crippen molar-refractivity contribution in [2.24, 2.45) is 0 Å². The minimum atomic E-state index is -0.706. The number of nitrogens with one attached hydrogen (secondary N) is 1. The number of rotatable bonds is 7. The molecule has 2 rings (SSSR count). The van der Waals surface area contributed by atoms with Gasteiger partial charge in [-0.1, -0.05) is 0 Å². The monoisotopic (exact) mass is 362 g/mol. The second-order valence-corrected chi connectivity index (χ2v) is 5.86. The summed E-state index contributed by atoms with van der Waals surface area (Å²) < 4.78 is 11.9. The maximum absolute atomic E-state index is 12.6. The minimum absolute atomic E-state index is 0.287. The Hall–Kier alpha value is -3.10. The molecule has 0 aliphatic rings. The van der Waals surface area contributed by atoms with Crippen LogP contribution in [0.1, 0.15) is 37.2 Å². The Labute approximate surface area is 151 Å². The third kappa shape index (κ3) is 3.93. The first-order chi connectivity index (χ1) is 12.3. The van der Waals surface area contributed by atoms with Crippen LogP contribution < -0.4 is 14.8 Å². The van der Waals surface area contributed by atoms with Crippen molar-refractivity contribution >= 4 is 11.7 Å². The summed E-state index contributed by atoms with van der Waals surface area (Å²) in [6, 6.07) is 5.59. The number of hydrogen-bond acceptors (Lipinski definition) is 6. The van der Waals surface area contributed by atoms with E-state index in [9.17, 15) is 14.9 Å². The summed E-state index contributed by atoms with van der Waals surface area (Å²) in [5, 5.41) is 17.6. The fourth-order valence-electron chi connectivity index (χ4n) is 2.65. The van der Waals surface area contributed by atoms with Crippen LogP contribution >= 0.6 is 0 Å². The van der Waals surface area contributed by atoms with E-state index in [1.54, 1.807) is 46.3 Å². The third-order valence-electron chi connectivity index (χ3n) is 4.11. The van der Waals surface area contributed by atoms with E-state index in [-0.39, 0.29) is 17.8 Å². The number of carbonyl (C=O) groups is 1. The predicted octanol–water partition coefficient (Wildman–Crippen LogP) is 2.56. The molecule has 9 heteroatoms. The van der Waals surface area contributed by atoms with Gasteiger partial charge in [-0.3, -0.25) is 4.79 Å². The first-order valence-corrected chi connectivity index (χ1v) is 8.01. The number of aromatic nitrogens is 2. The fourth-order valence-corrected chi connectivity index (χ4v) is 2.65. The van der Waals surface area contributed by atoms with Gasteiger partial charge in [-0.05, 0) is 43.9 Å². The maximum Gasteiger partial charge on any atom is 0.390 e. The van der Waals surface area contributed by atoms with Gasteiger partial charge in [-0.2, -0.15) is 4.68 Å². The van der Waals surface area contributed by atoms with Crippen molar-refractivity contribution in [3.05, 3.63) is 45.6 Å². The molecule has 0 saturated carbocycles. The molecule has 1 aromatic carbocycles. The average Bonchev–Trinajstić information content (AvgIpc) is 3.02. The zero-order chi connectivity index (χ0) is 19.4. The van der Waals surface area contributed by atoms with E-state index in [2.05, 4.69) is 10.4 Å². The van der Waals surface area contributed by atoms with Gasteiger partial charge < -0.3 is 24.9 Å². The van der Waals surface area contributed by atoms with E-state index in [4.69, 9.17) is 9.47 Å². The maximum atomic E-state index is 12.6. The van der Waals surface area contributed by atoms with Crippen molar-refractivity contribution in [3.8, 4) is 11.5 Å². The molecule has 0 bridgehead atoms. The molecule has 0 saturated heterocycles. The topological polar surface area (TPSA) is 109 Å². The van der Waals surface area contributed by atoms with Crippen molar-refractivity contribution in [1.29, 1.82) is 0 Å². The molecule has 1 aromatic heterocycles. The Kier molecular flexibility index (Phi) is 5.81. The largest absolute Gasteiger partial charge is 0.497 e. The second kappa shape index (κ2) is 7.85. The van der Waals surface area contributed by atoms with Crippen molar-refractivity contribution in [3.63, 3.8) is 0 Å². The molecule has 140 valence electrons. The Morgan fingerprint density at radius 1 is 1.27 bits per heavy atom. The highest BCUT2D eigenvalue weighted by Gasteiger charge is 2.26. The zero-order valence-corrected chi connectivity index (χ0v) is 15.3. The van der Waals surface area contributed by atoms with Gasteiger partial charge in [0.2, 0.25) is 5.91 Å². The molecule has 1 N–H and O–H groups in total. The van der Waals surface area contributed by atoms with Crippen LogP contribution in [0, 0.1) is 17.0 Å². The molecular formula is C17H22N4O5.